The number of rotatable bonds is 4. The van der Waals surface area contributed by atoms with Crippen molar-refractivity contribution in [2.75, 3.05) is 10.6 Å². The molecule has 0 saturated heterocycles. The second-order valence-corrected chi connectivity index (χ2v) is 6.28. The third-order valence-electron chi connectivity index (χ3n) is 3.82. The normalized spacial score (nSPS) is 10.4. The van der Waals surface area contributed by atoms with E-state index in [2.05, 4.69) is 21.7 Å². The first-order valence-corrected chi connectivity index (χ1v) is 8.18. The lowest BCUT2D eigenvalue weighted by Crippen LogP contribution is -2.12. The highest BCUT2D eigenvalue weighted by atomic mass is 16.1. The fourth-order valence-electron chi connectivity index (χ4n) is 2.69. The molecule has 25 heavy (non-hydrogen) atoms. The number of nitrogens with zero attached hydrogens (tertiary/aromatic N) is 1. The van der Waals surface area contributed by atoms with Crippen molar-refractivity contribution >= 4 is 23.0 Å². The van der Waals surface area contributed by atoms with Crippen LogP contribution in [0.25, 0.3) is 0 Å². The number of nitrogens with one attached hydrogen (secondary N) is 2. The van der Waals surface area contributed by atoms with Crippen molar-refractivity contribution in [3.05, 3.63) is 83.2 Å². The molecule has 0 atom stereocenters. The molecule has 2 aromatic carbocycles. The molecule has 0 aliphatic heterocycles. The monoisotopic (exact) mass is 331 g/mol. The number of carbonyl (C=O) groups is 1. The Kier molecular flexibility index (Phi) is 4.80. The molecule has 0 fully saturated rings. The van der Waals surface area contributed by atoms with Crippen LogP contribution >= 0.6 is 0 Å². The molecule has 126 valence electrons. The number of hydrogen-bond acceptors (Lipinski definition) is 3. The van der Waals surface area contributed by atoms with E-state index in [-0.39, 0.29) is 5.91 Å². The van der Waals surface area contributed by atoms with Crippen LogP contribution in [-0.4, -0.2) is 10.9 Å². The van der Waals surface area contributed by atoms with Gasteiger partial charge in [-0.1, -0.05) is 23.8 Å². The van der Waals surface area contributed by atoms with E-state index >= 15 is 0 Å². The number of aryl methyl sites for hydroxylation is 3. The quantitative estimate of drug-likeness (QED) is 0.707. The minimum Gasteiger partial charge on any atom is -0.354 e. The van der Waals surface area contributed by atoms with E-state index in [0.717, 1.165) is 28.2 Å². The summed E-state index contributed by atoms with van der Waals surface area (Å²) in [6, 6.07) is 15.8. The summed E-state index contributed by atoms with van der Waals surface area (Å²) in [5, 5.41) is 6.20. The smallest absolute Gasteiger partial charge is 0.257 e. The molecule has 1 aromatic heterocycles. The highest BCUT2D eigenvalue weighted by molar-refractivity contribution is 6.04. The largest absolute Gasteiger partial charge is 0.354 e. The van der Waals surface area contributed by atoms with Crippen LogP contribution in [0.2, 0.25) is 0 Å². The van der Waals surface area contributed by atoms with E-state index in [0.29, 0.717) is 5.56 Å². The van der Waals surface area contributed by atoms with Crippen LogP contribution < -0.4 is 10.6 Å². The Balaban J connectivity index is 1.76. The average molecular weight is 331 g/mol. The fraction of sp³-hybridized carbons (Fsp3) is 0.143. The summed E-state index contributed by atoms with van der Waals surface area (Å²) in [6.07, 6.45) is 3.27. The summed E-state index contributed by atoms with van der Waals surface area (Å²) < 4.78 is 0. The molecule has 0 spiro atoms. The Morgan fingerprint density at radius 3 is 2.12 bits per heavy atom. The van der Waals surface area contributed by atoms with E-state index in [1.54, 1.807) is 18.5 Å². The minimum absolute atomic E-state index is 0.176. The third-order valence-corrected chi connectivity index (χ3v) is 3.82. The Labute approximate surface area is 147 Å². The van der Waals surface area contributed by atoms with Crippen LogP contribution in [0.5, 0.6) is 0 Å². The summed E-state index contributed by atoms with van der Waals surface area (Å²) in [4.78, 5) is 16.7. The average Bonchev–Trinajstić information content (AvgIpc) is 2.56. The summed E-state index contributed by atoms with van der Waals surface area (Å²) in [6.45, 7) is 6.07. The molecule has 0 aliphatic rings. The summed E-state index contributed by atoms with van der Waals surface area (Å²) in [5.74, 6) is -0.176. The number of aromatic nitrogens is 1. The van der Waals surface area contributed by atoms with Crippen molar-refractivity contribution in [2.45, 2.75) is 20.8 Å². The number of amides is 1. The van der Waals surface area contributed by atoms with Gasteiger partial charge in [0, 0.05) is 17.6 Å². The van der Waals surface area contributed by atoms with Crippen LogP contribution in [0.15, 0.2) is 60.9 Å². The van der Waals surface area contributed by atoms with Crippen molar-refractivity contribution in [1.29, 1.82) is 0 Å². The van der Waals surface area contributed by atoms with E-state index in [9.17, 15) is 4.79 Å². The molecule has 3 aromatic rings. The second kappa shape index (κ2) is 7.18. The molecular weight excluding hydrogens is 310 g/mol. The van der Waals surface area contributed by atoms with Crippen LogP contribution in [0.4, 0.5) is 17.1 Å². The van der Waals surface area contributed by atoms with Gasteiger partial charge >= 0.3 is 0 Å². The predicted octanol–water partition coefficient (Wildman–Crippen LogP) is 5.00. The fourth-order valence-corrected chi connectivity index (χ4v) is 2.69. The van der Waals surface area contributed by atoms with Gasteiger partial charge in [0.05, 0.1) is 17.4 Å². The summed E-state index contributed by atoms with van der Waals surface area (Å²) >= 11 is 0. The van der Waals surface area contributed by atoms with Crippen LogP contribution in [0, 0.1) is 20.8 Å². The summed E-state index contributed by atoms with van der Waals surface area (Å²) in [5.41, 5.74) is 6.46. The standard InChI is InChI=1S/C21H21N3O/c1-14-4-6-18(7-5-14)23-20-11-17(12-22-13-20)21(25)24-19-9-15(2)8-16(3)10-19/h4-13,23H,1-3H3,(H,24,25). The summed E-state index contributed by atoms with van der Waals surface area (Å²) in [7, 11) is 0. The van der Waals surface area contributed by atoms with Crippen molar-refractivity contribution < 1.29 is 4.79 Å². The van der Waals surface area contributed by atoms with Gasteiger partial charge in [-0.2, -0.15) is 0 Å². The van der Waals surface area contributed by atoms with E-state index < -0.39 is 0 Å². The molecule has 0 saturated carbocycles. The first-order chi connectivity index (χ1) is 12.0. The topological polar surface area (TPSA) is 54.0 Å². The molecule has 1 amide bonds. The number of benzene rings is 2. The van der Waals surface area contributed by atoms with E-state index in [1.165, 1.54) is 5.56 Å². The number of pyridine rings is 1. The van der Waals surface area contributed by atoms with Crippen molar-refractivity contribution in [1.82, 2.24) is 4.98 Å². The van der Waals surface area contributed by atoms with Crippen LogP contribution in [0.1, 0.15) is 27.0 Å². The van der Waals surface area contributed by atoms with Crippen molar-refractivity contribution in [3.63, 3.8) is 0 Å². The van der Waals surface area contributed by atoms with Gasteiger partial charge in [-0.3, -0.25) is 9.78 Å². The zero-order valence-corrected chi connectivity index (χ0v) is 14.6. The molecule has 0 aliphatic carbocycles. The zero-order valence-electron chi connectivity index (χ0n) is 14.6. The van der Waals surface area contributed by atoms with Gasteiger partial charge in [-0.05, 0) is 62.2 Å². The Bertz CT molecular complexity index is 881. The Morgan fingerprint density at radius 1 is 0.760 bits per heavy atom. The molecule has 0 radical (unpaired) electrons. The Hall–Kier alpha value is -3.14. The molecule has 2 N–H and O–H groups in total. The van der Waals surface area contributed by atoms with E-state index in [1.807, 2.05) is 57.2 Å². The maximum atomic E-state index is 12.5. The molecule has 0 bridgehead atoms. The lowest BCUT2D eigenvalue weighted by atomic mass is 10.1. The van der Waals surface area contributed by atoms with Gasteiger partial charge < -0.3 is 10.6 Å². The van der Waals surface area contributed by atoms with Gasteiger partial charge in [0.25, 0.3) is 5.91 Å². The minimum atomic E-state index is -0.176. The highest BCUT2D eigenvalue weighted by Crippen LogP contribution is 2.19. The molecule has 1 heterocycles. The highest BCUT2D eigenvalue weighted by Gasteiger charge is 2.08. The first-order valence-electron chi connectivity index (χ1n) is 8.18. The maximum Gasteiger partial charge on any atom is 0.257 e. The van der Waals surface area contributed by atoms with Crippen LogP contribution in [-0.2, 0) is 0 Å². The Morgan fingerprint density at radius 2 is 1.44 bits per heavy atom. The second-order valence-electron chi connectivity index (χ2n) is 6.28. The molecule has 4 heteroatoms. The maximum absolute atomic E-state index is 12.5. The molecule has 0 unspecified atom stereocenters. The van der Waals surface area contributed by atoms with Gasteiger partial charge in [0.1, 0.15) is 0 Å². The van der Waals surface area contributed by atoms with E-state index in [4.69, 9.17) is 0 Å². The zero-order chi connectivity index (χ0) is 17.8. The van der Waals surface area contributed by atoms with Crippen molar-refractivity contribution in [3.8, 4) is 0 Å². The van der Waals surface area contributed by atoms with Crippen LogP contribution in [0.3, 0.4) is 0 Å². The number of hydrogen-bond donors (Lipinski definition) is 2. The van der Waals surface area contributed by atoms with Gasteiger partial charge in [-0.15, -0.1) is 0 Å². The SMILES string of the molecule is Cc1ccc(Nc2cncc(C(=O)Nc3cc(C)cc(C)c3)c2)cc1. The lowest BCUT2D eigenvalue weighted by Gasteiger charge is -2.10. The number of anilines is 3. The first kappa shape index (κ1) is 16.7. The number of carbonyl (C=O) groups excluding carboxylic acids is 1. The van der Waals surface area contributed by atoms with Gasteiger partial charge in [-0.25, -0.2) is 0 Å². The van der Waals surface area contributed by atoms with Gasteiger partial charge in [0.2, 0.25) is 0 Å². The molecule has 3 rings (SSSR count). The molecular formula is C21H21N3O. The predicted molar refractivity (Wildman–Crippen MR) is 103 cm³/mol. The lowest BCUT2D eigenvalue weighted by molar-refractivity contribution is 0.102. The molecule has 4 nitrogen and oxygen atoms in total. The van der Waals surface area contributed by atoms with Gasteiger partial charge in [0.15, 0.2) is 0 Å². The third kappa shape index (κ3) is 4.44. The van der Waals surface area contributed by atoms with Crippen molar-refractivity contribution in [2.24, 2.45) is 0 Å².